The number of carbonyl (C=O) groups is 1. The van der Waals surface area contributed by atoms with Crippen LogP contribution in [0.3, 0.4) is 0 Å². The van der Waals surface area contributed by atoms with Crippen LogP contribution in [0.5, 0.6) is 11.5 Å². The number of likely N-dealkylation sites (N-methyl/N-ethyl adjacent to an activating group) is 1. The predicted octanol–water partition coefficient (Wildman–Crippen LogP) is 2.26. The van der Waals surface area contributed by atoms with Crippen LogP contribution in [0.4, 0.5) is 17.1 Å². The van der Waals surface area contributed by atoms with E-state index in [1.807, 2.05) is 30.3 Å². The van der Waals surface area contributed by atoms with Crippen LogP contribution in [0.1, 0.15) is 0 Å². The average Bonchev–Trinajstić information content (AvgIpc) is 2.73. The number of hydrogen-bond acceptors (Lipinski definition) is 6. The Balaban J connectivity index is 1.28. The zero-order valence-corrected chi connectivity index (χ0v) is 16.1. The molecule has 0 bridgehead atoms. The largest absolute Gasteiger partial charge is 0.486 e. The number of benzene rings is 2. The molecule has 2 aromatic rings. The summed E-state index contributed by atoms with van der Waals surface area (Å²) in [5.41, 5.74) is 2.82. The molecule has 7 heteroatoms. The molecule has 2 aliphatic rings. The Morgan fingerprint density at radius 1 is 0.929 bits per heavy atom. The summed E-state index contributed by atoms with van der Waals surface area (Å²) < 4.78 is 11.1. The fourth-order valence-electron chi connectivity index (χ4n) is 3.36. The molecule has 1 amide bonds. The third-order valence-electron chi connectivity index (χ3n) is 5.01. The number of piperazine rings is 1. The average molecular weight is 382 g/mol. The molecule has 2 aromatic carbocycles. The van der Waals surface area contributed by atoms with Crippen molar-refractivity contribution in [1.29, 1.82) is 0 Å². The standard InChI is InChI=1S/C21H26N4O3/c1-24-8-10-25(11-9-24)18-5-2-16(3-6-18)23-21(26)15-22-17-4-7-19-20(14-17)28-13-12-27-19/h2-7,14,22H,8-13,15H2,1H3,(H,23,26). The van der Waals surface area contributed by atoms with Gasteiger partial charge in [-0.2, -0.15) is 0 Å². The summed E-state index contributed by atoms with van der Waals surface area (Å²) in [6.07, 6.45) is 0. The van der Waals surface area contributed by atoms with E-state index in [0.29, 0.717) is 19.0 Å². The maximum atomic E-state index is 12.3. The van der Waals surface area contributed by atoms with E-state index in [1.54, 1.807) is 0 Å². The lowest BCUT2D eigenvalue weighted by Gasteiger charge is -2.34. The molecule has 0 saturated carbocycles. The first-order valence-electron chi connectivity index (χ1n) is 9.64. The molecule has 28 heavy (non-hydrogen) atoms. The normalized spacial score (nSPS) is 16.5. The Morgan fingerprint density at radius 3 is 2.36 bits per heavy atom. The number of ether oxygens (including phenoxy) is 2. The van der Waals surface area contributed by atoms with Crippen LogP contribution in [0, 0.1) is 0 Å². The van der Waals surface area contributed by atoms with Crippen molar-refractivity contribution in [2.45, 2.75) is 0 Å². The molecule has 0 atom stereocenters. The van der Waals surface area contributed by atoms with Gasteiger partial charge in [-0.3, -0.25) is 4.79 Å². The van der Waals surface area contributed by atoms with Crippen molar-refractivity contribution < 1.29 is 14.3 Å². The molecule has 0 aromatic heterocycles. The van der Waals surface area contributed by atoms with E-state index in [9.17, 15) is 4.79 Å². The molecular formula is C21H26N4O3. The third-order valence-corrected chi connectivity index (χ3v) is 5.01. The van der Waals surface area contributed by atoms with E-state index < -0.39 is 0 Å². The van der Waals surface area contributed by atoms with Crippen molar-refractivity contribution in [3.63, 3.8) is 0 Å². The third kappa shape index (κ3) is 4.48. The van der Waals surface area contributed by atoms with Crippen LogP contribution >= 0.6 is 0 Å². The van der Waals surface area contributed by atoms with Gasteiger partial charge in [0.25, 0.3) is 0 Å². The Bertz CT molecular complexity index is 817. The highest BCUT2D eigenvalue weighted by Crippen LogP contribution is 2.32. The molecule has 7 nitrogen and oxygen atoms in total. The van der Waals surface area contributed by atoms with Gasteiger partial charge < -0.3 is 29.9 Å². The van der Waals surface area contributed by atoms with Crippen LogP contribution < -0.4 is 25.0 Å². The van der Waals surface area contributed by atoms with Crippen molar-refractivity contribution >= 4 is 23.0 Å². The highest BCUT2D eigenvalue weighted by Gasteiger charge is 2.14. The summed E-state index contributed by atoms with van der Waals surface area (Å²) in [5.74, 6) is 1.35. The minimum atomic E-state index is -0.0952. The zero-order valence-electron chi connectivity index (χ0n) is 16.1. The Labute approximate surface area is 165 Å². The summed E-state index contributed by atoms with van der Waals surface area (Å²) in [7, 11) is 2.15. The van der Waals surface area contributed by atoms with E-state index in [-0.39, 0.29) is 12.5 Å². The molecule has 0 unspecified atom stereocenters. The Kier molecular flexibility index (Phi) is 5.53. The maximum absolute atomic E-state index is 12.3. The van der Waals surface area contributed by atoms with Gasteiger partial charge in [-0.1, -0.05) is 0 Å². The second-order valence-corrected chi connectivity index (χ2v) is 7.10. The number of nitrogens with one attached hydrogen (secondary N) is 2. The van der Waals surface area contributed by atoms with Gasteiger partial charge >= 0.3 is 0 Å². The maximum Gasteiger partial charge on any atom is 0.243 e. The van der Waals surface area contributed by atoms with Crippen molar-refractivity contribution in [2.24, 2.45) is 0 Å². The Hall–Kier alpha value is -2.93. The van der Waals surface area contributed by atoms with Gasteiger partial charge in [-0.05, 0) is 43.4 Å². The second-order valence-electron chi connectivity index (χ2n) is 7.10. The summed E-state index contributed by atoms with van der Waals surface area (Å²) in [6.45, 7) is 5.49. The molecule has 148 valence electrons. The minimum absolute atomic E-state index is 0.0952. The quantitative estimate of drug-likeness (QED) is 0.827. The fourth-order valence-corrected chi connectivity index (χ4v) is 3.36. The van der Waals surface area contributed by atoms with Crippen LogP contribution in [0.25, 0.3) is 0 Å². The van der Waals surface area contributed by atoms with Gasteiger partial charge in [0.1, 0.15) is 13.2 Å². The Morgan fingerprint density at radius 2 is 1.61 bits per heavy atom. The summed E-state index contributed by atoms with van der Waals surface area (Å²) >= 11 is 0. The number of fused-ring (bicyclic) bond motifs is 1. The predicted molar refractivity (Wildman–Crippen MR) is 111 cm³/mol. The molecule has 1 fully saturated rings. The van der Waals surface area contributed by atoms with E-state index >= 15 is 0 Å². The molecule has 0 aliphatic carbocycles. The van der Waals surface area contributed by atoms with Crippen molar-refractivity contribution in [1.82, 2.24) is 4.90 Å². The summed E-state index contributed by atoms with van der Waals surface area (Å²) in [6, 6.07) is 13.6. The fraction of sp³-hybridized carbons (Fsp3) is 0.381. The van der Waals surface area contributed by atoms with Crippen LogP contribution in [-0.2, 0) is 4.79 Å². The number of carbonyl (C=O) groups excluding carboxylic acids is 1. The van der Waals surface area contributed by atoms with Crippen LogP contribution in [0.15, 0.2) is 42.5 Å². The number of hydrogen-bond donors (Lipinski definition) is 2. The van der Waals surface area contributed by atoms with Crippen molar-refractivity contribution in [3.05, 3.63) is 42.5 Å². The van der Waals surface area contributed by atoms with Gasteiger partial charge in [-0.25, -0.2) is 0 Å². The molecule has 4 rings (SSSR count). The molecule has 1 saturated heterocycles. The molecule has 0 radical (unpaired) electrons. The van der Waals surface area contributed by atoms with E-state index in [4.69, 9.17) is 9.47 Å². The minimum Gasteiger partial charge on any atom is -0.486 e. The van der Waals surface area contributed by atoms with Gasteiger partial charge in [0, 0.05) is 49.3 Å². The zero-order chi connectivity index (χ0) is 19.3. The second kappa shape index (κ2) is 8.39. The van der Waals surface area contributed by atoms with Crippen molar-refractivity contribution in [2.75, 3.05) is 68.5 Å². The first-order chi connectivity index (χ1) is 13.7. The van der Waals surface area contributed by atoms with Crippen molar-refractivity contribution in [3.8, 4) is 11.5 Å². The highest BCUT2D eigenvalue weighted by atomic mass is 16.6. The SMILES string of the molecule is CN1CCN(c2ccc(NC(=O)CNc3ccc4c(c3)OCCO4)cc2)CC1. The first-order valence-corrected chi connectivity index (χ1v) is 9.64. The topological polar surface area (TPSA) is 66.1 Å². The smallest absolute Gasteiger partial charge is 0.243 e. The number of nitrogens with zero attached hydrogens (tertiary/aromatic N) is 2. The van der Waals surface area contributed by atoms with Gasteiger partial charge in [0.15, 0.2) is 11.5 Å². The summed E-state index contributed by atoms with van der Waals surface area (Å²) in [4.78, 5) is 17.0. The van der Waals surface area contributed by atoms with Crippen LogP contribution in [0.2, 0.25) is 0 Å². The lowest BCUT2D eigenvalue weighted by Crippen LogP contribution is -2.44. The molecule has 0 spiro atoms. The number of rotatable bonds is 5. The number of amides is 1. The lowest BCUT2D eigenvalue weighted by atomic mass is 10.2. The van der Waals surface area contributed by atoms with Gasteiger partial charge in [-0.15, -0.1) is 0 Å². The molecule has 2 heterocycles. The van der Waals surface area contributed by atoms with E-state index in [1.165, 1.54) is 5.69 Å². The highest BCUT2D eigenvalue weighted by molar-refractivity contribution is 5.94. The van der Waals surface area contributed by atoms with Gasteiger partial charge in [0.2, 0.25) is 5.91 Å². The van der Waals surface area contributed by atoms with Gasteiger partial charge in [0.05, 0.1) is 6.54 Å². The monoisotopic (exact) mass is 382 g/mol. The molecular weight excluding hydrogens is 356 g/mol. The van der Waals surface area contributed by atoms with E-state index in [2.05, 4.69) is 39.6 Å². The first kappa shape index (κ1) is 18.4. The molecule has 2 aliphatic heterocycles. The summed E-state index contributed by atoms with van der Waals surface area (Å²) in [5, 5.41) is 6.05. The number of anilines is 3. The van der Waals surface area contributed by atoms with E-state index in [0.717, 1.165) is 43.3 Å². The van der Waals surface area contributed by atoms with Crippen LogP contribution in [-0.4, -0.2) is 63.8 Å². The lowest BCUT2D eigenvalue weighted by molar-refractivity contribution is -0.114. The molecule has 2 N–H and O–H groups in total.